The van der Waals surface area contributed by atoms with Crippen molar-refractivity contribution in [2.45, 2.75) is 71.9 Å². The van der Waals surface area contributed by atoms with Gasteiger partial charge in [-0.25, -0.2) is 4.98 Å². The zero-order chi connectivity index (χ0) is 14.4. The van der Waals surface area contributed by atoms with Crippen molar-refractivity contribution in [3.05, 3.63) is 12.2 Å². The molecule has 0 saturated heterocycles. The fourth-order valence-corrected chi connectivity index (χ4v) is 3.56. The van der Waals surface area contributed by atoms with Crippen LogP contribution in [-0.4, -0.2) is 27.4 Å². The van der Waals surface area contributed by atoms with Crippen LogP contribution < -0.4 is 5.32 Å². The molecule has 1 aromatic heterocycles. The maximum absolute atomic E-state index is 4.48. The first-order valence-corrected chi connectivity index (χ1v) is 8.38. The molecule has 0 spiro atoms. The Labute approximate surface area is 123 Å². The molecule has 0 aromatic carbocycles. The van der Waals surface area contributed by atoms with Crippen LogP contribution in [0.1, 0.15) is 58.7 Å². The molecule has 2 rings (SSSR count). The number of rotatable bonds is 8. The van der Waals surface area contributed by atoms with Crippen LogP contribution in [0.15, 0.2) is 6.33 Å². The monoisotopic (exact) mass is 278 g/mol. The zero-order valence-corrected chi connectivity index (χ0v) is 13.3. The van der Waals surface area contributed by atoms with E-state index in [9.17, 15) is 0 Å². The minimum absolute atomic E-state index is 0.566. The van der Waals surface area contributed by atoms with Gasteiger partial charge in [-0.1, -0.05) is 33.6 Å². The first-order valence-electron chi connectivity index (χ1n) is 8.38. The van der Waals surface area contributed by atoms with Crippen molar-refractivity contribution >= 4 is 0 Å². The molecule has 1 saturated carbocycles. The first kappa shape index (κ1) is 15.5. The summed E-state index contributed by atoms with van der Waals surface area (Å²) < 4.78 is 2.08. The van der Waals surface area contributed by atoms with Gasteiger partial charge >= 0.3 is 0 Å². The van der Waals surface area contributed by atoms with Gasteiger partial charge in [0.2, 0.25) is 0 Å². The van der Waals surface area contributed by atoms with E-state index in [1.54, 1.807) is 6.33 Å². The smallest absolute Gasteiger partial charge is 0.138 e. The summed E-state index contributed by atoms with van der Waals surface area (Å²) in [5, 5.41) is 8.05. The predicted molar refractivity (Wildman–Crippen MR) is 82.6 cm³/mol. The Morgan fingerprint density at radius 1 is 1.35 bits per heavy atom. The fraction of sp³-hybridized carbons (Fsp3) is 0.875. The third-order valence-corrected chi connectivity index (χ3v) is 4.73. The molecule has 114 valence electrons. The van der Waals surface area contributed by atoms with Crippen molar-refractivity contribution in [3.63, 3.8) is 0 Å². The second-order valence-electron chi connectivity index (χ2n) is 6.12. The van der Waals surface area contributed by atoms with Crippen LogP contribution in [0.5, 0.6) is 0 Å². The SMILES string of the molecule is CCCn1ncnc1CC(NCC)C1CCC(CC)C1. The van der Waals surface area contributed by atoms with E-state index in [-0.39, 0.29) is 0 Å². The molecule has 20 heavy (non-hydrogen) atoms. The Hall–Kier alpha value is -0.900. The van der Waals surface area contributed by atoms with Crippen LogP contribution in [0.25, 0.3) is 0 Å². The van der Waals surface area contributed by atoms with Gasteiger partial charge in [-0.05, 0) is 37.6 Å². The van der Waals surface area contributed by atoms with Gasteiger partial charge in [0, 0.05) is 19.0 Å². The molecule has 1 heterocycles. The molecule has 0 aliphatic heterocycles. The predicted octanol–water partition coefficient (Wildman–Crippen LogP) is 3.04. The van der Waals surface area contributed by atoms with Crippen LogP contribution in [0.4, 0.5) is 0 Å². The van der Waals surface area contributed by atoms with Gasteiger partial charge in [-0.2, -0.15) is 5.10 Å². The summed E-state index contributed by atoms with van der Waals surface area (Å²) in [7, 11) is 0. The third-order valence-electron chi connectivity index (χ3n) is 4.73. The highest BCUT2D eigenvalue weighted by Crippen LogP contribution is 2.35. The van der Waals surface area contributed by atoms with Crippen molar-refractivity contribution < 1.29 is 0 Å². The molecule has 1 fully saturated rings. The summed E-state index contributed by atoms with van der Waals surface area (Å²) in [6.07, 6.45) is 9.34. The van der Waals surface area contributed by atoms with Crippen LogP contribution in [0.2, 0.25) is 0 Å². The van der Waals surface area contributed by atoms with Crippen LogP contribution in [0, 0.1) is 11.8 Å². The highest BCUT2D eigenvalue weighted by Gasteiger charge is 2.30. The Bertz CT molecular complexity index is 388. The third kappa shape index (κ3) is 3.81. The van der Waals surface area contributed by atoms with E-state index in [1.807, 2.05) is 0 Å². The van der Waals surface area contributed by atoms with Crippen molar-refractivity contribution in [1.82, 2.24) is 20.1 Å². The number of aromatic nitrogens is 3. The quantitative estimate of drug-likeness (QED) is 0.795. The zero-order valence-electron chi connectivity index (χ0n) is 13.3. The number of nitrogens with zero attached hydrogens (tertiary/aromatic N) is 3. The number of nitrogens with one attached hydrogen (secondary N) is 1. The van der Waals surface area contributed by atoms with Gasteiger partial charge in [0.25, 0.3) is 0 Å². The van der Waals surface area contributed by atoms with E-state index in [0.717, 1.165) is 43.6 Å². The highest BCUT2D eigenvalue weighted by atomic mass is 15.3. The lowest BCUT2D eigenvalue weighted by Crippen LogP contribution is -2.38. The first-order chi connectivity index (χ1) is 9.78. The summed E-state index contributed by atoms with van der Waals surface area (Å²) >= 11 is 0. The highest BCUT2D eigenvalue weighted by molar-refractivity contribution is 4.94. The molecule has 0 radical (unpaired) electrons. The molecule has 3 unspecified atom stereocenters. The van der Waals surface area contributed by atoms with Crippen molar-refractivity contribution in [3.8, 4) is 0 Å². The average Bonchev–Trinajstić information content (AvgIpc) is 3.08. The topological polar surface area (TPSA) is 42.7 Å². The molecular formula is C16H30N4. The van der Waals surface area contributed by atoms with Gasteiger partial charge in [0.05, 0.1) is 0 Å². The molecule has 1 aliphatic rings. The van der Waals surface area contributed by atoms with Crippen LogP contribution in [0.3, 0.4) is 0 Å². The number of hydrogen-bond acceptors (Lipinski definition) is 3. The van der Waals surface area contributed by atoms with Crippen molar-refractivity contribution in [1.29, 1.82) is 0 Å². The van der Waals surface area contributed by atoms with E-state index in [1.165, 1.54) is 25.7 Å². The van der Waals surface area contributed by atoms with Gasteiger partial charge in [0.15, 0.2) is 0 Å². The maximum Gasteiger partial charge on any atom is 0.138 e. The normalized spacial score (nSPS) is 24.1. The molecule has 1 N–H and O–H groups in total. The second-order valence-corrected chi connectivity index (χ2v) is 6.12. The molecule has 0 amide bonds. The van der Waals surface area contributed by atoms with E-state index < -0.39 is 0 Å². The molecule has 4 nitrogen and oxygen atoms in total. The van der Waals surface area contributed by atoms with E-state index in [4.69, 9.17) is 0 Å². The summed E-state index contributed by atoms with van der Waals surface area (Å²) in [6, 6.07) is 0.566. The minimum Gasteiger partial charge on any atom is -0.314 e. The number of hydrogen-bond donors (Lipinski definition) is 1. The standard InChI is InChI=1S/C16H30N4/c1-4-9-20-16(18-12-19-20)11-15(17-6-3)14-8-7-13(5-2)10-14/h12-15,17H,4-11H2,1-3H3. The Morgan fingerprint density at radius 3 is 2.85 bits per heavy atom. The minimum atomic E-state index is 0.566. The molecular weight excluding hydrogens is 248 g/mol. The molecule has 1 aromatic rings. The van der Waals surface area contributed by atoms with E-state index in [0.29, 0.717) is 6.04 Å². The lowest BCUT2D eigenvalue weighted by atomic mass is 9.93. The van der Waals surface area contributed by atoms with Gasteiger partial charge < -0.3 is 5.32 Å². The van der Waals surface area contributed by atoms with Gasteiger partial charge in [-0.3, -0.25) is 4.68 Å². The van der Waals surface area contributed by atoms with E-state index in [2.05, 4.69) is 40.9 Å². The Kier molecular flexibility index (Phi) is 6.02. The molecule has 0 bridgehead atoms. The van der Waals surface area contributed by atoms with Crippen LogP contribution >= 0.6 is 0 Å². The fourth-order valence-electron chi connectivity index (χ4n) is 3.56. The number of aryl methyl sites for hydroxylation is 1. The van der Waals surface area contributed by atoms with Crippen molar-refractivity contribution in [2.24, 2.45) is 11.8 Å². The summed E-state index contributed by atoms with van der Waals surface area (Å²) in [4.78, 5) is 4.48. The molecule has 1 aliphatic carbocycles. The summed E-state index contributed by atoms with van der Waals surface area (Å²) in [5.74, 6) is 2.90. The summed E-state index contributed by atoms with van der Waals surface area (Å²) in [6.45, 7) is 8.75. The van der Waals surface area contributed by atoms with Gasteiger partial charge in [0.1, 0.15) is 12.2 Å². The van der Waals surface area contributed by atoms with Crippen molar-refractivity contribution in [2.75, 3.05) is 6.54 Å². The molecule has 3 atom stereocenters. The Balaban J connectivity index is 2.00. The Morgan fingerprint density at radius 2 is 2.20 bits per heavy atom. The largest absolute Gasteiger partial charge is 0.314 e. The lowest BCUT2D eigenvalue weighted by Gasteiger charge is -2.24. The average molecular weight is 278 g/mol. The number of likely N-dealkylation sites (N-methyl/N-ethyl adjacent to an activating group) is 1. The second kappa shape index (κ2) is 7.77. The van der Waals surface area contributed by atoms with Gasteiger partial charge in [-0.15, -0.1) is 0 Å². The summed E-state index contributed by atoms with van der Waals surface area (Å²) in [5.41, 5.74) is 0. The lowest BCUT2D eigenvalue weighted by molar-refractivity contribution is 0.339. The maximum atomic E-state index is 4.48. The van der Waals surface area contributed by atoms with Crippen LogP contribution in [-0.2, 0) is 13.0 Å². The van der Waals surface area contributed by atoms with E-state index >= 15 is 0 Å². The molecule has 4 heteroatoms.